The number of hydrogen-bond donors (Lipinski definition) is 4. The molecule has 0 saturated carbocycles. The number of carbonyl (C=O) groups is 2. The molecule has 0 aliphatic rings. The van der Waals surface area contributed by atoms with Crippen molar-refractivity contribution < 1.29 is 30.0 Å². The molecule has 0 amide bonds. The molecular formula is C60H112N2O6S2. The molecule has 4 N–H and O–H groups in total. The van der Waals surface area contributed by atoms with Crippen molar-refractivity contribution in [2.75, 3.05) is 50.8 Å². The van der Waals surface area contributed by atoms with E-state index >= 15 is 0 Å². The summed E-state index contributed by atoms with van der Waals surface area (Å²) in [4.78, 5) is 31.4. The maximum absolute atomic E-state index is 13.5. The summed E-state index contributed by atoms with van der Waals surface area (Å²) < 4.78 is 0. The highest BCUT2D eigenvalue weighted by Crippen LogP contribution is 2.21. The summed E-state index contributed by atoms with van der Waals surface area (Å²) in [6, 6.07) is 7.05. The van der Waals surface area contributed by atoms with Gasteiger partial charge in [0.2, 0.25) is 10.2 Å². The van der Waals surface area contributed by atoms with Gasteiger partial charge in [0.15, 0.2) is 0 Å². The van der Waals surface area contributed by atoms with Crippen LogP contribution in [0.4, 0.5) is 0 Å². The molecule has 0 saturated heterocycles. The zero-order valence-electron chi connectivity index (χ0n) is 46.0. The number of carbonyl (C=O) groups excluding carboxylic acids is 2. The lowest BCUT2D eigenvalue weighted by Crippen LogP contribution is -2.39. The van der Waals surface area contributed by atoms with Gasteiger partial charge in [-0.2, -0.15) is 0 Å². The molecule has 0 aromatic heterocycles. The Bertz CT molecular complexity index is 1170. The smallest absolute Gasteiger partial charge is 0.219 e. The summed E-state index contributed by atoms with van der Waals surface area (Å²) in [6.07, 6.45) is 40.5. The Morgan fingerprint density at radius 1 is 0.386 bits per heavy atom. The SMILES string of the molecule is CCCCCCCCCCC(O)CN(CCSC(=O)c1cccc(C(=O)SCCN(CC(O)CCCCCCCCCC)CC(O)CCCCCCCCCC)c1)CC(O)CCCCCCCCCC. The van der Waals surface area contributed by atoms with Crippen LogP contribution < -0.4 is 0 Å². The number of rotatable bonds is 52. The maximum Gasteiger partial charge on any atom is 0.219 e. The number of aliphatic hydroxyl groups excluding tert-OH is 4. The van der Waals surface area contributed by atoms with E-state index in [0.29, 0.717) is 61.9 Å². The highest BCUT2D eigenvalue weighted by atomic mass is 32.2. The molecule has 410 valence electrons. The van der Waals surface area contributed by atoms with E-state index in [0.717, 1.165) is 77.0 Å². The first-order valence-corrected chi connectivity index (χ1v) is 31.7. The van der Waals surface area contributed by atoms with E-state index in [1.54, 1.807) is 24.3 Å². The highest BCUT2D eigenvalue weighted by molar-refractivity contribution is 8.14. The van der Waals surface area contributed by atoms with Crippen LogP contribution in [0.2, 0.25) is 0 Å². The average molecular weight is 1020 g/mol. The second-order valence-corrected chi connectivity index (χ2v) is 23.2. The average Bonchev–Trinajstić information content (AvgIpc) is 3.34. The van der Waals surface area contributed by atoms with Crippen LogP contribution in [0.3, 0.4) is 0 Å². The van der Waals surface area contributed by atoms with Crippen LogP contribution >= 0.6 is 23.5 Å². The Morgan fingerprint density at radius 2 is 0.614 bits per heavy atom. The molecule has 1 aromatic rings. The molecule has 0 fully saturated rings. The molecule has 8 nitrogen and oxygen atoms in total. The number of thioether (sulfide) groups is 2. The lowest BCUT2D eigenvalue weighted by atomic mass is 10.0. The Hall–Kier alpha value is -0.980. The minimum absolute atomic E-state index is 0.0827. The van der Waals surface area contributed by atoms with Crippen LogP contribution in [0.25, 0.3) is 0 Å². The van der Waals surface area contributed by atoms with Gasteiger partial charge in [0, 0.05) is 61.9 Å². The summed E-state index contributed by atoms with van der Waals surface area (Å²) in [5.74, 6) is 1.07. The van der Waals surface area contributed by atoms with Crippen molar-refractivity contribution in [3.8, 4) is 0 Å². The molecule has 1 aromatic carbocycles. The van der Waals surface area contributed by atoms with Gasteiger partial charge in [-0.25, -0.2) is 0 Å². The van der Waals surface area contributed by atoms with E-state index in [4.69, 9.17) is 0 Å². The summed E-state index contributed by atoms with van der Waals surface area (Å²) in [5, 5.41) is 44.1. The summed E-state index contributed by atoms with van der Waals surface area (Å²) in [6.45, 7) is 12.1. The number of hydrogen-bond acceptors (Lipinski definition) is 10. The lowest BCUT2D eigenvalue weighted by Gasteiger charge is -2.27. The third kappa shape index (κ3) is 40.4. The number of benzene rings is 1. The van der Waals surface area contributed by atoms with Crippen molar-refractivity contribution in [1.82, 2.24) is 9.80 Å². The fraction of sp³-hybridized carbons (Fsp3) is 0.867. The molecule has 0 radical (unpaired) electrons. The standard InChI is InChI=1S/C60H112N2O6S2/c1-5-9-13-17-21-25-29-33-40-55(63)49-61(50-56(64)41-34-30-26-22-18-14-10-6-2)44-46-69-59(67)53-38-37-39-54(48-53)60(68)70-47-45-62(51-57(65)42-35-31-27-23-19-15-11-7-3)52-58(66)43-36-32-28-24-20-16-12-8-4/h37-39,48,55-58,63-66H,5-36,40-47,49-52H2,1-4H3. The molecule has 0 spiro atoms. The normalized spacial score (nSPS) is 13.6. The Labute approximate surface area is 440 Å². The van der Waals surface area contributed by atoms with Crippen LogP contribution in [0, 0.1) is 0 Å². The Kier molecular flexibility index (Phi) is 46.9. The molecule has 70 heavy (non-hydrogen) atoms. The van der Waals surface area contributed by atoms with Crippen LogP contribution in [0.1, 0.15) is 280 Å². The van der Waals surface area contributed by atoms with Crippen molar-refractivity contribution in [3.63, 3.8) is 0 Å². The Balaban J connectivity index is 2.76. The first-order valence-electron chi connectivity index (χ1n) is 29.7. The predicted molar refractivity (Wildman–Crippen MR) is 306 cm³/mol. The number of aliphatic hydroxyl groups is 4. The van der Waals surface area contributed by atoms with Gasteiger partial charge in [-0.05, 0) is 31.7 Å². The first-order chi connectivity index (χ1) is 34.1. The van der Waals surface area contributed by atoms with Gasteiger partial charge in [-0.3, -0.25) is 19.4 Å². The third-order valence-corrected chi connectivity index (χ3v) is 15.8. The minimum Gasteiger partial charge on any atom is -0.392 e. The van der Waals surface area contributed by atoms with Crippen LogP contribution in [0.5, 0.6) is 0 Å². The molecule has 0 bridgehead atoms. The quantitative estimate of drug-likeness (QED) is 0.0469. The van der Waals surface area contributed by atoms with Gasteiger partial charge in [0.25, 0.3) is 0 Å². The number of unbranched alkanes of at least 4 members (excludes halogenated alkanes) is 28. The van der Waals surface area contributed by atoms with Gasteiger partial charge in [-0.15, -0.1) is 0 Å². The van der Waals surface area contributed by atoms with Crippen molar-refractivity contribution in [2.24, 2.45) is 0 Å². The zero-order valence-corrected chi connectivity index (χ0v) is 47.7. The van der Waals surface area contributed by atoms with E-state index in [-0.39, 0.29) is 10.2 Å². The van der Waals surface area contributed by atoms with E-state index < -0.39 is 24.4 Å². The molecule has 0 heterocycles. The molecule has 10 heteroatoms. The van der Waals surface area contributed by atoms with Crippen LogP contribution in [0.15, 0.2) is 24.3 Å². The zero-order chi connectivity index (χ0) is 51.1. The van der Waals surface area contributed by atoms with Gasteiger partial charge in [0.1, 0.15) is 0 Å². The number of nitrogens with zero attached hydrogens (tertiary/aromatic N) is 2. The van der Waals surface area contributed by atoms with E-state index in [1.165, 1.54) is 178 Å². The first kappa shape index (κ1) is 67.0. The Morgan fingerprint density at radius 3 is 0.857 bits per heavy atom. The third-order valence-electron chi connectivity index (χ3n) is 14.1. The molecular weight excluding hydrogens is 909 g/mol. The van der Waals surface area contributed by atoms with Gasteiger partial charge >= 0.3 is 0 Å². The fourth-order valence-electron chi connectivity index (χ4n) is 9.60. The topological polar surface area (TPSA) is 122 Å². The van der Waals surface area contributed by atoms with Crippen molar-refractivity contribution in [2.45, 2.75) is 283 Å². The van der Waals surface area contributed by atoms with Crippen LogP contribution in [-0.4, -0.2) is 116 Å². The van der Waals surface area contributed by atoms with E-state index in [1.807, 2.05) is 0 Å². The van der Waals surface area contributed by atoms with Gasteiger partial charge < -0.3 is 20.4 Å². The molecule has 4 unspecified atom stereocenters. The summed E-state index contributed by atoms with van der Waals surface area (Å²) >= 11 is 2.48. The van der Waals surface area contributed by atoms with Gasteiger partial charge in [0.05, 0.1) is 24.4 Å². The fourth-order valence-corrected chi connectivity index (χ4v) is 11.3. The maximum atomic E-state index is 13.5. The summed E-state index contributed by atoms with van der Waals surface area (Å²) in [7, 11) is 0. The van der Waals surface area contributed by atoms with Crippen LogP contribution in [-0.2, 0) is 0 Å². The summed E-state index contributed by atoms with van der Waals surface area (Å²) in [5.41, 5.74) is 1.00. The molecule has 0 aliphatic heterocycles. The van der Waals surface area contributed by atoms with E-state index in [2.05, 4.69) is 37.5 Å². The van der Waals surface area contributed by atoms with E-state index in [9.17, 15) is 30.0 Å². The van der Waals surface area contributed by atoms with Crippen molar-refractivity contribution >= 4 is 33.8 Å². The molecule has 1 rings (SSSR count). The predicted octanol–water partition coefficient (Wildman–Crippen LogP) is 15.6. The monoisotopic (exact) mass is 1020 g/mol. The highest BCUT2D eigenvalue weighted by Gasteiger charge is 2.20. The largest absolute Gasteiger partial charge is 0.392 e. The van der Waals surface area contributed by atoms with Crippen molar-refractivity contribution in [1.29, 1.82) is 0 Å². The second-order valence-electron chi connectivity index (χ2n) is 21.0. The molecule has 4 atom stereocenters. The lowest BCUT2D eigenvalue weighted by molar-refractivity contribution is 0.0634. The van der Waals surface area contributed by atoms with Crippen molar-refractivity contribution in [3.05, 3.63) is 35.4 Å². The minimum atomic E-state index is -0.460. The molecule has 0 aliphatic carbocycles. The second kappa shape index (κ2) is 48.9. The van der Waals surface area contributed by atoms with Gasteiger partial charge in [-0.1, -0.05) is 275 Å².